The van der Waals surface area contributed by atoms with E-state index in [1.54, 1.807) is 7.11 Å². The van der Waals surface area contributed by atoms with Crippen LogP contribution >= 0.6 is 0 Å². The fraction of sp³-hybridized carbons (Fsp3) is 0.407. The molecule has 5 rings (SSSR count). The third-order valence-electron chi connectivity index (χ3n) is 7.04. The largest absolute Gasteiger partial charge is 0.497 e. The minimum absolute atomic E-state index is 0.0220. The van der Waals surface area contributed by atoms with Crippen molar-refractivity contribution in [2.75, 3.05) is 7.11 Å². The SMILES string of the molecule is CCC(c1nnnn1C1CCCC1)N(Cc1ccccc1)Cc1cc2cc(OC)ccc2[nH]c1=O. The molecule has 0 aliphatic heterocycles. The molecular weight excluding hydrogens is 440 g/mol. The summed E-state index contributed by atoms with van der Waals surface area (Å²) in [6, 6.07) is 18.3. The lowest BCUT2D eigenvalue weighted by atomic mass is 10.1. The molecule has 0 radical (unpaired) electrons. The van der Waals surface area contributed by atoms with Gasteiger partial charge in [0.2, 0.25) is 0 Å². The summed E-state index contributed by atoms with van der Waals surface area (Å²) in [5.41, 5.74) is 2.61. The highest BCUT2D eigenvalue weighted by Crippen LogP contribution is 2.33. The molecule has 1 aliphatic carbocycles. The molecule has 0 amide bonds. The number of methoxy groups -OCH3 is 1. The Morgan fingerprint density at radius 2 is 1.91 bits per heavy atom. The van der Waals surface area contributed by atoms with Gasteiger partial charge in [-0.15, -0.1) is 5.10 Å². The van der Waals surface area contributed by atoms with Crippen molar-refractivity contribution in [2.24, 2.45) is 0 Å². The van der Waals surface area contributed by atoms with Crippen LogP contribution in [-0.2, 0) is 13.1 Å². The van der Waals surface area contributed by atoms with E-state index in [9.17, 15) is 4.79 Å². The number of hydrogen-bond donors (Lipinski definition) is 1. The number of rotatable bonds is 9. The topological polar surface area (TPSA) is 88.9 Å². The first-order chi connectivity index (χ1) is 17.2. The summed E-state index contributed by atoms with van der Waals surface area (Å²) in [6.45, 7) is 3.33. The third-order valence-corrected chi connectivity index (χ3v) is 7.04. The van der Waals surface area contributed by atoms with Crippen molar-refractivity contribution >= 4 is 10.9 Å². The van der Waals surface area contributed by atoms with E-state index in [0.717, 1.165) is 41.7 Å². The second kappa shape index (κ2) is 10.4. The van der Waals surface area contributed by atoms with Crippen LogP contribution < -0.4 is 10.3 Å². The number of nitrogens with zero attached hydrogens (tertiary/aromatic N) is 5. The smallest absolute Gasteiger partial charge is 0.252 e. The summed E-state index contributed by atoms with van der Waals surface area (Å²) >= 11 is 0. The second-order valence-corrected chi connectivity index (χ2v) is 9.31. The summed E-state index contributed by atoms with van der Waals surface area (Å²) < 4.78 is 7.43. The summed E-state index contributed by atoms with van der Waals surface area (Å²) in [4.78, 5) is 18.5. The molecule has 1 N–H and O–H groups in total. The number of ether oxygens (including phenoxy) is 1. The van der Waals surface area contributed by atoms with Gasteiger partial charge >= 0.3 is 0 Å². The third kappa shape index (κ3) is 4.98. The standard InChI is InChI=1S/C27H32N6O2/c1-3-25(26-29-30-31-33(26)22-11-7-8-12-22)32(17-19-9-5-4-6-10-19)18-21-15-20-16-23(35-2)13-14-24(20)28-27(21)34/h4-6,9-10,13-16,22,25H,3,7-8,11-12,17-18H2,1-2H3,(H,28,34). The molecule has 0 bridgehead atoms. The Balaban J connectivity index is 1.53. The van der Waals surface area contributed by atoms with Crippen molar-refractivity contribution in [1.29, 1.82) is 0 Å². The molecule has 182 valence electrons. The van der Waals surface area contributed by atoms with Gasteiger partial charge < -0.3 is 9.72 Å². The van der Waals surface area contributed by atoms with Crippen LogP contribution in [0, 0.1) is 0 Å². The number of pyridine rings is 1. The highest BCUT2D eigenvalue weighted by atomic mass is 16.5. The molecule has 4 aromatic rings. The number of hydrogen-bond acceptors (Lipinski definition) is 6. The second-order valence-electron chi connectivity index (χ2n) is 9.31. The average Bonchev–Trinajstić information content (AvgIpc) is 3.58. The van der Waals surface area contributed by atoms with Gasteiger partial charge in [-0.25, -0.2) is 4.68 Å². The number of aromatic amines is 1. The summed E-state index contributed by atoms with van der Waals surface area (Å²) in [7, 11) is 1.65. The van der Waals surface area contributed by atoms with E-state index in [1.165, 1.54) is 18.4 Å². The van der Waals surface area contributed by atoms with Gasteiger partial charge in [0.05, 0.1) is 19.2 Å². The van der Waals surface area contributed by atoms with Crippen molar-refractivity contribution in [3.63, 3.8) is 0 Å². The molecule has 1 aliphatic rings. The van der Waals surface area contributed by atoms with Crippen LogP contribution in [0.15, 0.2) is 59.4 Å². The number of benzene rings is 2. The molecule has 2 aromatic heterocycles. The van der Waals surface area contributed by atoms with Gasteiger partial charge in [0.1, 0.15) is 5.75 Å². The Hall–Kier alpha value is -3.52. The zero-order chi connectivity index (χ0) is 24.2. The molecule has 1 fully saturated rings. The van der Waals surface area contributed by atoms with Crippen LogP contribution in [0.25, 0.3) is 10.9 Å². The van der Waals surface area contributed by atoms with E-state index >= 15 is 0 Å². The molecule has 1 saturated carbocycles. The Labute approximate surface area is 204 Å². The van der Waals surface area contributed by atoms with Gasteiger partial charge in [-0.2, -0.15) is 0 Å². The van der Waals surface area contributed by atoms with Gasteiger partial charge in [-0.3, -0.25) is 9.69 Å². The zero-order valence-electron chi connectivity index (χ0n) is 20.4. The number of aromatic nitrogens is 5. The molecule has 0 saturated heterocycles. The maximum atomic E-state index is 13.1. The number of tetrazole rings is 1. The molecule has 0 spiro atoms. The fourth-order valence-electron chi connectivity index (χ4n) is 5.22. The normalized spacial score (nSPS) is 15.2. The predicted molar refractivity (Wildman–Crippen MR) is 135 cm³/mol. The van der Waals surface area contributed by atoms with E-state index in [-0.39, 0.29) is 11.6 Å². The molecule has 8 heteroatoms. The van der Waals surface area contributed by atoms with Crippen LogP contribution in [0.1, 0.15) is 68.1 Å². The van der Waals surface area contributed by atoms with Crippen molar-refractivity contribution in [1.82, 2.24) is 30.1 Å². The fourth-order valence-corrected chi connectivity index (χ4v) is 5.22. The minimum atomic E-state index is -0.0778. The van der Waals surface area contributed by atoms with E-state index in [2.05, 4.69) is 44.5 Å². The molecule has 2 aromatic carbocycles. The molecule has 1 atom stereocenters. The van der Waals surface area contributed by atoms with Crippen LogP contribution in [0.5, 0.6) is 5.75 Å². The number of fused-ring (bicyclic) bond motifs is 1. The first-order valence-corrected chi connectivity index (χ1v) is 12.4. The molecule has 35 heavy (non-hydrogen) atoms. The van der Waals surface area contributed by atoms with Crippen molar-refractivity contribution < 1.29 is 4.74 Å². The van der Waals surface area contributed by atoms with Crippen LogP contribution in [0.3, 0.4) is 0 Å². The monoisotopic (exact) mass is 472 g/mol. The lowest BCUT2D eigenvalue weighted by Gasteiger charge is -2.31. The van der Waals surface area contributed by atoms with Gasteiger partial charge in [0.15, 0.2) is 5.82 Å². The Morgan fingerprint density at radius 3 is 2.66 bits per heavy atom. The lowest BCUT2D eigenvalue weighted by molar-refractivity contribution is 0.158. The summed E-state index contributed by atoms with van der Waals surface area (Å²) in [5.74, 6) is 1.65. The van der Waals surface area contributed by atoms with E-state index in [4.69, 9.17) is 4.74 Å². The Bertz CT molecular complexity index is 1330. The first-order valence-electron chi connectivity index (χ1n) is 12.4. The zero-order valence-corrected chi connectivity index (χ0v) is 20.4. The first kappa shape index (κ1) is 23.2. The molecular formula is C27H32N6O2. The van der Waals surface area contributed by atoms with Gasteiger partial charge in [-0.05, 0) is 59.5 Å². The lowest BCUT2D eigenvalue weighted by Crippen LogP contribution is -2.32. The minimum Gasteiger partial charge on any atom is -0.497 e. The van der Waals surface area contributed by atoms with Crippen LogP contribution in [-0.4, -0.2) is 37.2 Å². The predicted octanol–water partition coefficient (Wildman–Crippen LogP) is 4.79. The summed E-state index contributed by atoms with van der Waals surface area (Å²) in [6.07, 6.45) is 5.48. The number of nitrogens with one attached hydrogen (secondary N) is 1. The van der Waals surface area contributed by atoms with Gasteiger partial charge in [0, 0.05) is 29.6 Å². The molecule has 8 nitrogen and oxygen atoms in total. The highest BCUT2D eigenvalue weighted by molar-refractivity contribution is 5.80. The van der Waals surface area contributed by atoms with E-state index < -0.39 is 0 Å². The van der Waals surface area contributed by atoms with Crippen molar-refractivity contribution in [3.8, 4) is 5.75 Å². The Morgan fingerprint density at radius 1 is 1.11 bits per heavy atom. The average molecular weight is 473 g/mol. The Kier molecular flexibility index (Phi) is 6.90. The molecule has 2 heterocycles. The van der Waals surface area contributed by atoms with E-state index in [1.807, 2.05) is 47.1 Å². The highest BCUT2D eigenvalue weighted by Gasteiger charge is 2.29. The number of H-pyrrole nitrogens is 1. The quantitative estimate of drug-likeness (QED) is 0.377. The van der Waals surface area contributed by atoms with Crippen LogP contribution in [0.4, 0.5) is 0 Å². The van der Waals surface area contributed by atoms with Gasteiger partial charge in [-0.1, -0.05) is 50.1 Å². The van der Waals surface area contributed by atoms with Gasteiger partial charge in [0.25, 0.3) is 5.56 Å². The molecule has 1 unspecified atom stereocenters. The van der Waals surface area contributed by atoms with E-state index in [0.29, 0.717) is 24.7 Å². The van der Waals surface area contributed by atoms with Crippen molar-refractivity contribution in [3.05, 3.63) is 81.9 Å². The maximum absolute atomic E-state index is 13.1. The maximum Gasteiger partial charge on any atom is 0.252 e. The van der Waals surface area contributed by atoms with Crippen molar-refractivity contribution in [2.45, 2.75) is 64.2 Å². The van der Waals surface area contributed by atoms with Crippen LogP contribution in [0.2, 0.25) is 0 Å². The summed E-state index contributed by atoms with van der Waals surface area (Å²) in [5, 5.41) is 13.9.